The monoisotopic (exact) mass is 767 g/mol. The van der Waals surface area contributed by atoms with Gasteiger partial charge in [0.1, 0.15) is 17.4 Å². The van der Waals surface area contributed by atoms with Gasteiger partial charge in [0.15, 0.2) is 11.5 Å². The minimum Gasteiger partial charge on any atom is -0.490 e. The summed E-state index contributed by atoms with van der Waals surface area (Å²) in [6, 6.07) is 4.55. The summed E-state index contributed by atoms with van der Waals surface area (Å²) in [4.78, 5) is 36.1. The number of carbonyl (C=O) groups is 2. The number of aromatic nitrogens is 3. The van der Waals surface area contributed by atoms with Gasteiger partial charge in [0.05, 0.1) is 17.6 Å². The van der Waals surface area contributed by atoms with Gasteiger partial charge in [-0.25, -0.2) is 32.3 Å². The summed E-state index contributed by atoms with van der Waals surface area (Å²) in [5.74, 6) is -5.35. The molecule has 2 aromatic heterocycles. The van der Waals surface area contributed by atoms with Crippen LogP contribution in [0.2, 0.25) is 0 Å². The number of nitrogens with one attached hydrogen (secondary N) is 1. The Morgan fingerprint density at radius 1 is 1.07 bits per heavy atom. The Morgan fingerprint density at radius 3 is 2.44 bits per heavy atom. The average Bonchev–Trinajstić information content (AvgIpc) is 3.62. The van der Waals surface area contributed by atoms with E-state index < -0.39 is 59.2 Å². The quantitative estimate of drug-likeness (QED) is 0.200. The summed E-state index contributed by atoms with van der Waals surface area (Å²) in [6.45, 7) is 2.55. The van der Waals surface area contributed by atoms with Crippen molar-refractivity contribution in [1.82, 2.24) is 24.8 Å². The van der Waals surface area contributed by atoms with Crippen LogP contribution in [0.5, 0.6) is 5.75 Å². The molecule has 1 amide bonds. The largest absolute Gasteiger partial charge is 0.490 e. The molecule has 2 N–H and O–H groups in total. The first-order chi connectivity index (χ1) is 25.5. The second-order valence-electron chi connectivity index (χ2n) is 15.7. The zero-order valence-electron chi connectivity index (χ0n) is 29.9. The first kappa shape index (κ1) is 38.3. The summed E-state index contributed by atoms with van der Waals surface area (Å²) >= 11 is 0. The lowest BCUT2D eigenvalue weighted by Gasteiger charge is -2.34. The van der Waals surface area contributed by atoms with Crippen LogP contribution in [0, 0.1) is 17.8 Å². The number of aliphatic carboxylic acids is 1. The Kier molecular flexibility index (Phi) is 10.4. The molecule has 1 aromatic carbocycles. The predicted octanol–water partition coefficient (Wildman–Crippen LogP) is 8.38. The molecule has 3 heterocycles. The maximum Gasteiger partial charge on any atom is 0.434 e. The molecule has 1 saturated heterocycles. The van der Waals surface area contributed by atoms with E-state index >= 15 is 0 Å². The van der Waals surface area contributed by atoms with E-state index in [0.29, 0.717) is 55.4 Å². The standard InChI is InChI=1S/C38H44F7N5O4/c1-2-21-13-22-15-23(14-21)37(17-22,35(52)53)48-34(51)28-18-46-33(47-32(28)38(43,44)45)29-19-50(24-5-9-36(41,42)10-6-24)30-16-26(3-4-27(29)30)54-25-7-11-49(12-8-25)20-31(39)40/h3-4,16,18-19,21-25,31H,2,5-15,17,20H2,1H3,(H,48,51)(H,52,53). The van der Waals surface area contributed by atoms with Gasteiger partial charge >= 0.3 is 12.1 Å². The van der Waals surface area contributed by atoms with E-state index in [9.17, 15) is 45.4 Å². The molecule has 54 heavy (non-hydrogen) atoms. The molecule has 294 valence electrons. The Balaban J connectivity index is 1.21. The summed E-state index contributed by atoms with van der Waals surface area (Å²) in [5.41, 5.74) is -3.43. The normalized spacial score (nSPS) is 26.7. The Hall–Kier alpha value is -3.95. The number of carboxylic acid groups (broad SMARTS) is 1. The van der Waals surface area contributed by atoms with Crippen LogP contribution in [0.25, 0.3) is 22.3 Å². The van der Waals surface area contributed by atoms with E-state index in [1.54, 1.807) is 33.9 Å². The highest BCUT2D eigenvalue weighted by Crippen LogP contribution is 2.51. The average molecular weight is 768 g/mol. The number of ether oxygens (including phenoxy) is 1. The van der Waals surface area contributed by atoms with Crippen molar-refractivity contribution in [3.8, 4) is 17.1 Å². The van der Waals surface area contributed by atoms with Crippen molar-refractivity contribution in [2.75, 3.05) is 19.6 Å². The number of hydrogen-bond donors (Lipinski definition) is 2. The highest BCUT2D eigenvalue weighted by Gasteiger charge is 2.57. The number of rotatable bonds is 10. The van der Waals surface area contributed by atoms with Crippen LogP contribution in [-0.2, 0) is 11.0 Å². The van der Waals surface area contributed by atoms with Gasteiger partial charge in [0.25, 0.3) is 12.3 Å². The lowest BCUT2D eigenvalue weighted by atomic mass is 9.76. The van der Waals surface area contributed by atoms with Crippen LogP contribution in [0.1, 0.15) is 99.6 Å². The smallest absolute Gasteiger partial charge is 0.434 e. The number of nitrogens with zero attached hydrogens (tertiary/aromatic N) is 4. The van der Waals surface area contributed by atoms with Crippen molar-refractivity contribution < 1.29 is 50.2 Å². The third-order valence-corrected chi connectivity index (χ3v) is 12.2. The first-order valence-electron chi connectivity index (χ1n) is 18.7. The number of hydrogen-bond acceptors (Lipinski definition) is 6. The van der Waals surface area contributed by atoms with Gasteiger partial charge in [-0.05, 0) is 81.3 Å². The number of carboxylic acids is 1. The minimum absolute atomic E-state index is 0.0374. The van der Waals surface area contributed by atoms with E-state index in [1.165, 1.54) is 0 Å². The molecule has 9 nitrogen and oxygen atoms in total. The molecule has 3 saturated carbocycles. The van der Waals surface area contributed by atoms with Gasteiger partial charge in [-0.2, -0.15) is 13.2 Å². The molecule has 0 radical (unpaired) electrons. The zero-order valence-corrected chi connectivity index (χ0v) is 29.9. The van der Waals surface area contributed by atoms with Crippen molar-refractivity contribution in [2.24, 2.45) is 17.8 Å². The summed E-state index contributed by atoms with van der Waals surface area (Å²) in [5, 5.41) is 13.3. The molecule has 7 rings (SSSR count). The van der Waals surface area contributed by atoms with Crippen molar-refractivity contribution in [1.29, 1.82) is 0 Å². The van der Waals surface area contributed by atoms with Crippen molar-refractivity contribution in [3.05, 3.63) is 41.9 Å². The van der Waals surface area contributed by atoms with Crippen molar-refractivity contribution >= 4 is 22.8 Å². The highest BCUT2D eigenvalue weighted by atomic mass is 19.4. The maximum atomic E-state index is 14.7. The molecule has 4 aliphatic rings. The molecule has 1 aliphatic heterocycles. The lowest BCUT2D eigenvalue weighted by Crippen LogP contribution is -2.57. The van der Waals surface area contributed by atoms with E-state index in [-0.39, 0.29) is 68.0 Å². The SMILES string of the molecule is CCC1CC2CC(C1)C(NC(=O)c1cnc(-c3cn(C4CCC(F)(F)CC4)c4cc(OC5CCN(CC(F)F)CC5)ccc34)nc1C(F)(F)F)(C(=O)O)C2. The molecule has 3 aromatic rings. The van der Waals surface area contributed by atoms with Gasteiger partial charge in [-0.1, -0.05) is 13.3 Å². The van der Waals surface area contributed by atoms with Gasteiger partial charge in [-0.3, -0.25) is 9.69 Å². The fraction of sp³-hybridized carbons (Fsp3) is 0.632. The number of likely N-dealkylation sites (tertiary alicyclic amines) is 1. The van der Waals surface area contributed by atoms with Gasteiger partial charge in [0.2, 0.25) is 5.92 Å². The Morgan fingerprint density at radius 2 is 1.80 bits per heavy atom. The number of piperidine rings is 1. The van der Waals surface area contributed by atoms with Gasteiger partial charge < -0.3 is 19.7 Å². The van der Waals surface area contributed by atoms with Gasteiger partial charge in [-0.15, -0.1) is 0 Å². The molecule has 4 atom stereocenters. The van der Waals surface area contributed by atoms with E-state index in [2.05, 4.69) is 15.3 Å². The van der Waals surface area contributed by atoms with Crippen LogP contribution in [0.3, 0.4) is 0 Å². The molecular formula is C38H44F7N5O4. The number of alkyl halides is 7. The molecular weight excluding hydrogens is 723 g/mol. The number of benzene rings is 1. The van der Waals surface area contributed by atoms with Crippen molar-refractivity contribution in [3.63, 3.8) is 0 Å². The molecule has 0 spiro atoms. The zero-order chi connectivity index (χ0) is 38.6. The molecule has 3 aliphatic carbocycles. The molecule has 4 unspecified atom stereocenters. The number of carbonyl (C=O) groups excluding carboxylic acids is 1. The summed E-state index contributed by atoms with van der Waals surface area (Å²) in [7, 11) is 0. The molecule has 16 heteroatoms. The predicted molar refractivity (Wildman–Crippen MR) is 184 cm³/mol. The number of fused-ring (bicyclic) bond motifs is 3. The van der Waals surface area contributed by atoms with Crippen LogP contribution in [0.15, 0.2) is 30.6 Å². The number of amides is 1. The van der Waals surface area contributed by atoms with Crippen molar-refractivity contribution in [2.45, 2.75) is 114 Å². The summed E-state index contributed by atoms with van der Waals surface area (Å²) in [6.07, 6.45) is -2.08. The topological polar surface area (TPSA) is 110 Å². The molecule has 2 bridgehead atoms. The van der Waals surface area contributed by atoms with Crippen LogP contribution in [0.4, 0.5) is 30.7 Å². The van der Waals surface area contributed by atoms with E-state index in [0.717, 1.165) is 19.0 Å². The maximum absolute atomic E-state index is 14.7. The highest BCUT2D eigenvalue weighted by molar-refractivity contribution is 6.00. The first-order valence-corrected chi connectivity index (χ1v) is 18.7. The lowest BCUT2D eigenvalue weighted by molar-refractivity contribution is -0.146. The van der Waals surface area contributed by atoms with Crippen LogP contribution in [-0.4, -0.2) is 80.0 Å². The van der Waals surface area contributed by atoms with Gasteiger partial charge in [0, 0.05) is 61.4 Å². The second-order valence-corrected chi connectivity index (χ2v) is 15.7. The molecule has 4 fully saturated rings. The van der Waals surface area contributed by atoms with E-state index in [4.69, 9.17) is 4.74 Å². The van der Waals surface area contributed by atoms with Crippen LogP contribution >= 0.6 is 0 Å². The Bertz CT molecular complexity index is 1870. The van der Waals surface area contributed by atoms with E-state index in [1.807, 2.05) is 6.92 Å². The number of halogens is 7. The third kappa shape index (κ3) is 7.63. The van der Waals surface area contributed by atoms with Crippen LogP contribution < -0.4 is 10.1 Å². The fourth-order valence-corrected chi connectivity index (χ4v) is 9.41. The summed E-state index contributed by atoms with van der Waals surface area (Å²) < 4.78 is 106. The Labute approximate surface area is 307 Å². The minimum atomic E-state index is -5.11. The second kappa shape index (κ2) is 14.6. The fourth-order valence-electron chi connectivity index (χ4n) is 9.41. The third-order valence-electron chi connectivity index (χ3n) is 12.2.